The van der Waals surface area contributed by atoms with Crippen LogP contribution in [-0.4, -0.2) is 31.4 Å². The molecule has 6 heteroatoms. The zero-order chi connectivity index (χ0) is 12.6. The molecule has 0 bridgehead atoms. The summed E-state index contributed by atoms with van der Waals surface area (Å²) >= 11 is 0. The molecule has 86 valence electrons. The Morgan fingerprint density at radius 1 is 1.44 bits per heavy atom. The van der Waals surface area contributed by atoms with E-state index < -0.39 is 23.6 Å². The summed E-state index contributed by atoms with van der Waals surface area (Å²) in [5, 5.41) is 8.53. The molecule has 0 aliphatic rings. The fourth-order valence-corrected chi connectivity index (χ4v) is 0.745. The van der Waals surface area contributed by atoms with E-state index in [4.69, 9.17) is 5.26 Å². The molecule has 0 saturated heterocycles. The molecule has 0 aliphatic heterocycles. The predicted molar refractivity (Wildman–Crippen MR) is 51.9 cm³/mol. The van der Waals surface area contributed by atoms with Crippen molar-refractivity contribution in [3.8, 4) is 6.07 Å². The number of ether oxygens (including phenoxy) is 2. The number of rotatable bonds is 5. The van der Waals surface area contributed by atoms with Crippen LogP contribution in [0.4, 0.5) is 0 Å². The van der Waals surface area contributed by atoms with E-state index in [0.29, 0.717) is 0 Å². The van der Waals surface area contributed by atoms with E-state index in [0.717, 1.165) is 7.11 Å². The van der Waals surface area contributed by atoms with Gasteiger partial charge in [-0.3, -0.25) is 9.59 Å². The monoisotopic (exact) mass is 225 g/mol. The number of esters is 2. The van der Waals surface area contributed by atoms with Crippen LogP contribution in [0.25, 0.3) is 0 Å². The van der Waals surface area contributed by atoms with E-state index in [1.807, 2.05) is 0 Å². The molecule has 1 unspecified atom stereocenters. The van der Waals surface area contributed by atoms with Gasteiger partial charge in [0.15, 0.2) is 0 Å². The molecular weight excluding hydrogens is 214 g/mol. The first-order valence-corrected chi connectivity index (χ1v) is 4.38. The summed E-state index contributed by atoms with van der Waals surface area (Å²) in [7, 11) is 1.02. The van der Waals surface area contributed by atoms with E-state index in [1.165, 1.54) is 12.1 Å². The first kappa shape index (κ1) is 13.8. The van der Waals surface area contributed by atoms with E-state index in [-0.39, 0.29) is 6.61 Å². The molecule has 0 radical (unpaired) electrons. The fraction of sp³-hybridized carbons (Fsp3) is 0.400. The minimum absolute atomic E-state index is 0.0829. The molecule has 6 nitrogen and oxygen atoms in total. The second-order valence-corrected chi connectivity index (χ2v) is 2.62. The van der Waals surface area contributed by atoms with E-state index in [2.05, 4.69) is 9.47 Å². The number of allylic oxidation sites excluding steroid dienone is 1. The zero-order valence-corrected chi connectivity index (χ0v) is 8.93. The Hall–Kier alpha value is -2.16. The highest BCUT2D eigenvalue weighted by Gasteiger charge is 2.33. The maximum absolute atomic E-state index is 11.2. The second kappa shape index (κ2) is 7.17. The number of ketones is 1. The van der Waals surface area contributed by atoms with Crippen LogP contribution in [-0.2, 0) is 23.9 Å². The maximum atomic E-state index is 11.2. The Kier molecular flexibility index (Phi) is 6.21. The number of nitriles is 1. The van der Waals surface area contributed by atoms with Crippen LogP contribution in [0.5, 0.6) is 0 Å². The third-order valence-corrected chi connectivity index (χ3v) is 1.58. The standard InChI is InChI=1S/C10H11NO5/c1-3-4-5-16-10(14)8(12)7(6-11)9(13)15-2/h3-4,7H,5H2,1-2H3/b4-3+. The highest BCUT2D eigenvalue weighted by molar-refractivity contribution is 6.38. The summed E-state index contributed by atoms with van der Waals surface area (Å²) < 4.78 is 8.68. The lowest BCUT2D eigenvalue weighted by Crippen LogP contribution is -2.31. The van der Waals surface area contributed by atoms with Crippen molar-refractivity contribution in [3.05, 3.63) is 12.2 Å². The van der Waals surface area contributed by atoms with Gasteiger partial charge in [0.2, 0.25) is 5.92 Å². The first-order valence-electron chi connectivity index (χ1n) is 4.38. The fourth-order valence-electron chi connectivity index (χ4n) is 0.745. The van der Waals surface area contributed by atoms with Gasteiger partial charge in [-0.2, -0.15) is 5.26 Å². The van der Waals surface area contributed by atoms with Gasteiger partial charge < -0.3 is 9.47 Å². The summed E-state index contributed by atoms with van der Waals surface area (Å²) in [6, 6.07) is 1.38. The SMILES string of the molecule is C/C=C/COC(=O)C(=O)C(C#N)C(=O)OC. The maximum Gasteiger partial charge on any atom is 0.377 e. The predicted octanol–water partition coefficient (Wildman–Crippen LogP) is -0.0124. The van der Waals surface area contributed by atoms with Gasteiger partial charge in [0.05, 0.1) is 13.2 Å². The molecule has 0 aliphatic carbocycles. The molecule has 0 aromatic carbocycles. The van der Waals surface area contributed by atoms with Crippen LogP contribution in [0, 0.1) is 17.2 Å². The van der Waals surface area contributed by atoms with Crippen molar-refractivity contribution in [1.29, 1.82) is 5.26 Å². The minimum atomic E-state index is -1.76. The molecule has 0 rings (SSSR count). The van der Waals surface area contributed by atoms with Crippen molar-refractivity contribution in [2.24, 2.45) is 5.92 Å². The summed E-state index contributed by atoms with van der Waals surface area (Å²) in [5.41, 5.74) is 0. The molecule has 0 spiro atoms. The van der Waals surface area contributed by atoms with Crippen molar-refractivity contribution in [2.45, 2.75) is 6.92 Å². The summed E-state index contributed by atoms with van der Waals surface area (Å²) in [5.74, 6) is -5.28. The first-order chi connectivity index (χ1) is 7.58. The van der Waals surface area contributed by atoms with Crippen molar-refractivity contribution >= 4 is 17.7 Å². The van der Waals surface area contributed by atoms with Crippen LogP contribution < -0.4 is 0 Å². The lowest BCUT2D eigenvalue weighted by atomic mass is 10.1. The van der Waals surface area contributed by atoms with Gasteiger partial charge in [0.25, 0.3) is 5.78 Å². The summed E-state index contributed by atoms with van der Waals surface area (Å²) in [6.45, 7) is 1.63. The molecule has 16 heavy (non-hydrogen) atoms. The van der Waals surface area contributed by atoms with E-state index >= 15 is 0 Å². The van der Waals surface area contributed by atoms with Crippen molar-refractivity contribution < 1.29 is 23.9 Å². The third-order valence-electron chi connectivity index (χ3n) is 1.58. The number of hydrogen-bond acceptors (Lipinski definition) is 6. The Balaban J connectivity index is 4.47. The zero-order valence-electron chi connectivity index (χ0n) is 8.93. The van der Waals surface area contributed by atoms with Crippen molar-refractivity contribution in [2.75, 3.05) is 13.7 Å². The Morgan fingerprint density at radius 3 is 2.50 bits per heavy atom. The van der Waals surface area contributed by atoms with E-state index in [9.17, 15) is 14.4 Å². The molecule has 1 atom stereocenters. The topological polar surface area (TPSA) is 93.5 Å². The Labute approximate surface area is 92.4 Å². The van der Waals surface area contributed by atoms with Crippen LogP contribution in [0.15, 0.2) is 12.2 Å². The number of Topliss-reactive ketones (excluding diaryl/α,β-unsaturated/α-hetero) is 1. The summed E-state index contributed by atoms with van der Waals surface area (Å²) in [6.07, 6.45) is 3.13. The van der Waals surface area contributed by atoms with Gasteiger partial charge in [-0.15, -0.1) is 0 Å². The van der Waals surface area contributed by atoms with Crippen LogP contribution >= 0.6 is 0 Å². The van der Waals surface area contributed by atoms with Crippen LogP contribution in [0.2, 0.25) is 0 Å². The minimum Gasteiger partial charge on any atom is -0.468 e. The second-order valence-electron chi connectivity index (χ2n) is 2.62. The Morgan fingerprint density at radius 2 is 2.06 bits per heavy atom. The number of methoxy groups -OCH3 is 1. The van der Waals surface area contributed by atoms with Crippen LogP contribution in [0.3, 0.4) is 0 Å². The van der Waals surface area contributed by atoms with Gasteiger partial charge >= 0.3 is 11.9 Å². The van der Waals surface area contributed by atoms with Gasteiger partial charge in [-0.25, -0.2) is 4.79 Å². The number of carbonyl (C=O) groups excluding carboxylic acids is 3. The number of hydrogen-bond donors (Lipinski definition) is 0. The lowest BCUT2D eigenvalue weighted by Gasteiger charge is -2.04. The highest BCUT2D eigenvalue weighted by atomic mass is 16.5. The molecule has 0 saturated carbocycles. The molecule has 0 N–H and O–H groups in total. The number of carbonyl (C=O) groups is 3. The lowest BCUT2D eigenvalue weighted by molar-refractivity contribution is -0.159. The van der Waals surface area contributed by atoms with E-state index in [1.54, 1.807) is 13.0 Å². The Bertz CT molecular complexity index is 353. The summed E-state index contributed by atoms with van der Waals surface area (Å²) in [4.78, 5) is 33.3. The molecule has 0 aromatic rings. The molecular formula is C10H11NO5. The van der Waals surface area contributed by atoms with Gasteiger partial charge in [0, 0.05) is 0 Å². The molecule has 0 amide bonds. The normalized spacial score (nSPS) is 11.6. The smallest absolute Gasteiger partial charge is 0.377 e. The third kappa shape index (κ3) is 3.92. The largest absolute Gasteiger partial charge is 0.468 e. The molecule has 0 fully saturated rings. The average molecular weight is 225 g/mol. The van der Waals surface area contributed by atoms with Gasteiger partial charge in [-0.05, 0) is 6.92 Å². The van der Waals surface area contributed by atoms with Crippen molar-refractivity contribution in [3.63, 3.8) is 0 Å². The quantitative estimate of drug-likeness (QED) is 0.282. The molecule has 0 aromatic heterocycles. The average Bonchev–Trinajstić information content (AvgIpc) is 2.29. The van der Waals surface area contributed by atoms with Crippen molar-refractivity contribution in [1.82, 2.24) is 0 Å². The van der Waals surface area contributed by atoms with Gasteiger partial charge in [0.1, 0.15) is 6.61 Å². The number of nitrogens with zero attached hydrogens (tertiary/aromatic N) is 1. The molecule has 0 heterocycles. The van der Waals surface area contributed by atoms with Gasteiger partial charge in [-0.1, -0.05) is 12.2 Å². The highest BCUT2D eigenvalue weighted by Crippen LogP contribution is 2.01. The van der Waals surface area contributed by atoms with Crippen LogP contribution in [0.1, 0.15) is 6.92 Å².